The first-order valence-corrected chi connectivity index (χ1v) is 7.35. The van der Waals surface area contributed by atoms with Gasteiger partial charge in [-0.15, -0.1) is 0 Å². The number of amides is 1. The molecule has 1 heterocycles. The summed E-state index contributed by atoms with van der Waals surface area (Å²) in [4.78, 5) is 13.9. The number of carbonyl (C=O) groups is 1. The Morgan fingerprint density at radius 2 is 2.05 bits per heavy atom. The average molecular weight is 397 g/mol. The van der Waals surface area contributed by atoms with Gasteiger partial charge in [0.1, 0.15) is 0 Å². The Morgan fingerprint density at radius 1 is 1.38 bits per heavy atom. The highest BCUT2D eigenvalue weighted by Gasteiger charge is 2.13. The highest BCUT2D eigenvalue weighted by atomic mass is 127. The Kier molecular flexibility index (Phi) is 4.94. The largest absolute Gasteiger partial charge is 0.378 e. The number of carbonyl (C=O) groups excluding carboxylic acids is 1. The van der Waals surface area contributed by atoms with Crippen LogP contribution in [-0.2, 0) is 7.05 Å². The maximum Gasteiger partial charge on any atom is 0.292 e. The SMILES string of the molecule is CN(C)c1ccc(C=NNC(=O)c2nn(C)cc2I)cc1. The number of halogens is 1. The van der Waals surface area contributed by atoms with Crippen LogP contribution in [0.1, 0.15) is 16.1 Å². The molecule has 0 spiro atoms. The smallest absolute Gasteiger partial charge is 0.292 e. The molecule has 0 aliphatic carbocycles. The molecule has 0 saturated heterocycles. The second-order valence-corrected chi connectivity index (χ2v) is 5.85. The second-order valence-electron chi connectivity index (χ2n) is 4.68. The number of aryl methyl sites for hydroxylation is 1. The van der Waals surface area contributed by atoms with Gasteiger partial charge in [0.05, 0.1) is 9.78 Å². The Balaban J connectivity index is 1.99. The van der Waals surface area contributed by atoms with Gasteiger partial charge in [0.25, 0.3) is 5.91 Å². The van der Waals surface area contributed by atoms with Crippen LogP contribution in [0.3, 0.4) is 0 Å². The Bertz CT molecular complexity index is 661. The molecule has 0 bridgehead atoms. The van der Waals surface area contributed by atoms with Crippen molar-refractivity contribution >= 4 is 40.4 Å². The fourth-order valence-electron chi connectivity index (χ4n) is 1.69. The minimum atomic E-state index is -0.318. The van der Waals surface area contributed by atoms with E-state index in [9.17, 15) is 4.79 Å². The number of anilines is 1. The molecule has 1 aromatic heterocycles. The van der Waals surface area contributed by atoms with E-state index in [1.807, 2.05) is 43.3 Å². The molecule has 6 nitrogen and oxygen atoms in total. The number of nitrogens with zero attached hydrogens (tertiary/aromatic N) is 4. The molecule has 110 valence electrons. The van der Waals surface area contributed by atoms with E-state index in [0.29, 0.717) is 5.69 Å². The zero-order chi connectivity index (χ0) is 15.4. The van der Waals surface area contributed by atoms with Crippen molar-refractivity contribution in [1.29, 1.82) is 0 Å². The van der Waals surface area contributed by atoms with Crippen LogP contribution in [0.15, 0.2) is 35.6 Å². The lowest BCUT2D eigenvalue weighted by molar-refractivity contribution is 0.0948. The lowest BCUT2D eigenvalue weighted by atomic mass is 10.2. The molecule has 0 fully saturated rings. The van der Waals surface area contributed by atoms with Crippen molar-refractivity contribution < 1.29 is 4.79 Å². The van der Waals surface area contributed by atoms with E-state index in [0.717, 1.165) is 14.8 Å². The monoisotopic (exact) mass is 397 g/mol. The molecule has 2 rings (SSSR count). The van der Waals surface area contributed by atoms with E-state index in [-0.39, 0.29) is 5.91 Å². The van der Waals surface area contributed by atoms with Crippen LogP contribution in [0.2, 0.25) is 0 Å². The first kappa shape index (κ1) is 15.5. The molecule has 2 aromatic rings. The van der Waals surface area contributed by atoms with E-state index in [1.165, 1.54) is 0 Å². The molecular formula is C14H16IN5O. The highest BCUT2D eigenvalue weighted by molar-refractivity contribution is 14.1. The molecule has 0 aliphatic rings. The molecule has 7 heteroatoms. The van der Waals surface area contributed by atoms with Crippen molar-refractivity contribution in [1.82, 2.24) is 15.2 Å². The molecule has 0 unspecified atom stereocenters. The topological polar surface area (TPSA) is 62.5 Å². The first-order valence-electron chi connectivity index (χ1n) is 6.27. The van der Waals surface area contributed by atoms with Gasteiger partial charge < -0.3 is 4.90 Å². The molecule has 1 amide bonds. The van der Waals surface area contributed by atoms with Crippen molar-refractivity contribution in [3.63, 3.8) is 0 Å². The number of aromatic nitrogens is 2. The van der Waals surface area contributed by atoms with Gasteiger partial charge in [0.2, 0.25) is 0 Å². The average Bonchev–Trinajstić information content (AvgIpc) is 2.78. The Hall–Kier alpha value is -1.90. The number of nitrogens with one attached hydrogen (secondary N) is 1. The molecule has 1 aromatic carbocycles. The van der Waals surface area contributed by atoms with Crippen LogP contribution in [0.5, 0.6) is 0 Å². The predicted molar refractivity (Wildman–Crippen MR) is 91.8 cm³/mol. The zero-order valence-corrected chi connectivity index (χ0v) is 14.2. The van der Waals surface area contributed by atoms with Gasteiger partial charge in [0, 0.05) is 33.0 Å². The Morgan fingerprint density at radius 3 is 2.57 bits per heavy atom. The standard InChI is InChI=1S/C14H16IN5O/c1-19(2)11-6-4-10(5-7-11)8-16-17-14(21)13-12(15)9-20(3)18-13/h4-9H,1-3H3,(H,17,21). The Labute approximate surface area is 137 Å². The van der Waals surface area contributed by atoms with E-state index in [2.05, 4.69) is 38.2 Å². The van der Waals surface area contributed by atoms with Crippen molar-refractivity contribution in [2.45, 2.75) is 0 Å². The van der Waals surface area contributed by atoms with Gasteiger partial charge in [0.15, 0.2) is 5.69 Å². The van der Waals surface area contributed by atoms with Crippen LogP contribution in [-0.4, -0.2) is 36.0 Å². The van der Waals surface area contributed by atoms with Gasteiger partial charge in [-0.2, -0.15) is 10.2 Å². The molecule has 0 saturated carbocycles. The van der Waals surface area contributed by atoms with Gasteiger partial charge in [-0.05, 0) is 40.3 Å². The lowest BCUT2D eigenvalue weighted by Crippen LogP contribution is -2.19. The summed E-state index contributed by atoms with van der Waals surface area (Å²) in [7, 11) is 5.74. The molecular weight excluding hydrogens is 381 g/mol. The third kappa shape index (κ3) is 4.03. The molecule has 1 N–H and O–H groups in total. The van der Waals surface area contributed by atoms with Crippen molar-refractivity contribution in [2.24, 2.45) is 12.1 Å². The summed E-state index contributed by atoms with van der Waals surface area (Å²) in [6.07, 6.45) is 3.38. The zero-order valence-electron chi connectivity index (χ0n) is 12.0. The summed E-state index contributed by atoms with van der Waals surface area (Å²) in [5, 5.41) is 8.04. The summed E-state index contributed by atoms with van der Waals surface area (Å²) >= 11 is 2.07. The van der Waals surface area contributed by atoms with Gasteiger partial charge in [-0.1, -0.05) is 12.1 Å². The molecule has 0 radical (unpaired) electrons. The molecule has 0 atom stereocenters. The van der Waals surface area contributed by atoms with Crippen molar-refractivity contribution in [3.05, 3.63) is 45.3 Å². The summed E-state index contributed by atoms with van der Waals surface area (Å²) in [6.45, 7) is 0. The number of hydrogen-bond donors (Lipinski definition) is 1. The fraction of sp³-hybridized carbons (Fsp3) is 0.214. The van der Waals surface area contributed by atoms with E-state index in [4.69, 9.17) is 0 Å². The van der Waals surface area contributed by atoms with Gasteiger partial charge in [-0.3, -0.25) is 9.48 Å². The summed E-state index contributed by atoms with van der Waals surface area (Å²) in [5.41, 5.74) is 4.88. The minimum Gasteiger partial charge on any atom is -0.378 e. The first-order chi connectivity index (χ1) is 9.97. The van der Waals surface area contributed by atoms with Crippen molar-refractivity contribution in [2.75, 3.05) is 19.0 Å². The lowest BCUT2D eigenvalue weighted by Gasteiger charge is -2.11. The quantitative estimate of drug-likeness (QED) is 0.487. The van der Waals surface area contributed by atoms with Crippen molar-refractivity contribution in [3.8, 4) is 0 Å². The maximum absolute atomic E-state index is 11.9. The third-order valence-electron chi connectivity index (χ3n) is 2.79. The maximum atomic E-state index is 11.9. The number of benzene rings is 1. The van der Waals surface area contributed by atoms with E-state index >= 15 is 0 Å². The number of hydrazone groups is 1. The van der Waals surface area contributed by atoms with Crippen LogP contribution in [0, 0.1) is 3.57 Å². The summed E-state index contributed by atoms with van der Waals surface area (Å²) < 4.78 is 2.39. The van der Waals surface area contributed by atoms with E-state index in [1.54, 1.807) is 24.1 Å². The second kappa shape index (κ2) is 6.70. The van der Waals surface area contributed by atoms with E-state index < -0.39 is 0 Å². The number of hydrogen-bond acceptors (Lipinski definition) is 4. The van der Waals surface area contributed by atoms with Crippen LogP contribution in [0.4, 0.5) is 5.69 Å². The summed E-state index contributed by atoms with van der Waals surface area (Å²) in [5.74, 6) is -0.318. The van der Waals surface area contributed by atoms with Crippen LogP contribution < -0.4 is 10.3 Å². The highest BCUT2D eigenvalue weighted by Crippen LogP contribution is 2.11. The third-order valence-corrected chi connectivity index (χ3v) is 3.58. The van der Waals surface area contributed by atoms with Gasteiger partial charge >= 0.3 is 0 Å². The minimum absolute atomic E-state index is 0.318. The van der Waals surface area contributed by atoms with Gasteiger partial charge in [-0.25, -0.2) is 5.43 Å². The number of rotatable bonds is 4. The predicted octanol–water partition coefficient (Wildman–Crippen LogP) is 1.85. The normalized spacial score (nSPS) is 10.9. The fourth-order valence-corrected chi connectivity index (χ4v) is 2.45. The van der Waals surface area contributed by atoms with Crippen LogP contribution >= 0.6 is 22.6 Å². The molecule has 21 heavy (non-hydrogen) atoms. The van der Waals surface area contributed by atoms with Crippen LogP contribution in [0.25, 0.3) is 0 Å². The molecule has 0 aliphatic heterocycles. The summed E-state index contributed by atoms with van der Waals surface area (Å²) in [6, 6.07) is 7.86.